The van der Waals surface area contributed by atoms with E-state index in [0.29, 0.717) is 12.8 Å². The van der Waals surface area contributed by atoms with Crippen molar-refractivity contribution in [2.45, 2.75) is 47.5 Å². The molecule has 0 spiro atoms. The molecule has 1 fully saturated rings. The lowest BCUT2D eigenvalue weighted by molar-refractivity contribution is -0.137. The smallest absolute Gasteiger partial charge is 0.243 e. The zero-order valence-corrected chi connectivity index (χ0v) is 13.4. The quantitative estimate of drug-likeness (QED) is 0.436. The highest BCUT2D eigenvalue weighted by Gasteiger charge is 2.41. The number of hydrogen-bond donors (Lipinski definition) is 2. The normalized spacial score (nSPS) is 19.6. The molecule has 1 rings (SSSR count). The first-order valence-corrected chi connectivity index (χ1v) is 7.00. The lowest BCUT2D eigenvalue weighted by Gasteiger charge is -2.32. The molecule has 112 valence electrons. The predicted molar refractivity (Wildman–Crippen MR) is 79.9 cm³/mol. The molecule has 1 saturated carbocycles. The van der Waals surface area contributed by atoms with Gasteiger partial charge in [-0.1, -0.05) is 46.8 Å². The van der Waals surface area contributed by atoms with E-state index in [1.54, 1.807) is 20.8 Å². The lowest BCUT2D eigenvalue weighted by atomic mass is 9.71. The minimum Gasteiger partial charge on any atom is -0.298 e. The Morgan fingerprint density at radius 1 is 1.15 bits per heavy atom. The summed E-state index contributed by atoms with van der Waals surface area (Å²) in [5.74, 6) is -1.56. The van der Waals surface area contributed by atoms with Gasteiger partial charge >= 0.3 is 0 Å². The number of hydrazine groups is 1. The van der Waals surface area contributed by atoms with Crippen molar-refractivity contribution < 1.29 is 14.4 Å². The number of carbonyl (C=O) groups is 3. The number of carbonyl (C=O) groups excluding carboxylic acids is 3. The molecule has 0 aromatic rings. The SMILES string of the molecule is CC1(C)CC(=O)C(C(=S)NNC(=O)C(C)(C)C)C(=O)C1. The average Bonchev–Trinajstić information content (AvgIpc) is 2.21. The Labute approximate surface area is 124 Å². The topological polar surface area (TPSA) is 75.3 Å². The fraction of sp³-hybridized carbons (Fsp3) is 0.714. The van der Waals surface area contributed by atoms with Gasteiger partial charge in [-0.15, -0.1) is 0 Å². The number of rotatable bonds is 1. The molecule has 0 aromatic carbocycles. The van der Waals surface area contributed by atoms with Crippen LogP contribution < -0.4 is 10.9 Å². The van der Waals surface area contributed by atoms with Gasteiger partial charge in [-0.05, 0) is 5.41 Å². The fourth-order valence-corrected chi connectivity index (χ4v) is 2.37. The standard InChI is InChI=1S/C14H22N2O3S/c1-13(2,3)12(19)16-15-11(20)10-8(17)6-14(4,5)7-9(10)18/h10H,6-7H2,1-5H3,(H,15,20)(H,16,19). The number of nitrogens with one attached hydrogen (secondary N) is 2. The molecule has 0 aliphatic heterocycles. The van der Waals surface area contributed by atoms with Gasteiger partial charge in [-0.2, -0.15) is 0 Å². The Kier molecular flexibility index (Phi) is 4.69. The fourth-order valence-electron chi connectivity index (χ4n) is 2.06. The molecule has 2 N–H and O–H groups in total. The molecule has 0 aromatic heterocycles. The van der Waals surface area contributed by atoms with Gasteiger partial charge in [0, 0.05) is 18.3 Å². The Hall–Kier alpha value is -1.30. The summed E-state index contributed by atoms with van der Waals surface area (Å²) in [5.41, 5.74) is 4.10. The van der Waals surface area contributed by atoms with Crippen molar-refractivity contribution in [1.82, 2.24) is 10.9 Å². The molecule has 1 aliphatic rings. The van der Waals surface area contributed by atoms with E-state index in [0.717, 1.165) is 0 Å². The number of Topliss-reactive ketones (excluding diaryl/α,β-unsaturated/α-hetero) is 2. The maximum Gasteiger partial charge on any atom is 0.243 e. The van der Waals surface area contributed by atoms with Crippen molar-refractivity contribution in [3.05, 3.63) is 0 Å². The van der Waals surface area contributed by atoms with Crippen LogP contribution in [0, 0.1) is 16.7 Å². The third-order valence-corrected chi connectivity index (χ3v) is 3.53. The molecule has 0 unspecified atom stereocenters. The van der Waals surface area contributed by atoms with Crippen molar-refractivity contribution in [1.29, 1.82) is 0 Å². The predicted octanol–water partition coefficient (Wildman–Crippen LogP) is 1.56. The summed E-state index contributed by atoms with van der Waals surface area (Å²) in [6.07, 6.45) is 0.636. The van der Waals surface area contributed by atoms with E-state index in [-0.39, 0.29) is 27.9 Å². The summed E-state index contributed by atoms with van der Waals surface area (Å²) in [5, 5.41) is 0. The third kappa shape index (κ3) is 4.10. The number of hydrogen-bond acceptors (Lipinski definition) is 4. The van der Waals surface area contributed by atoms with Crippen LogP contribution in [-0.4, -0.2) is 22.5 Å². The minimum absolute atomic E-state index is 0.0769. The average molecular weight is 298 g/mol. The molecular formula is C14H22N2O3S. The molecule has 0 atom stereocenters. The van der Waals surface area contributed by atoms with Crippen molar-refractivity contribution >= 4 is 34.7 Å². The zero-order valence-electron chi connectivity index (χ0n) is 12.6. The van der Waals surface area contributed by atoms with Gasteiger partial charge in [0.15, 0.2) is 11.6 Å². The number of thiocarbonyl (C=S) groups is 1. The molecule has 0 saturated heterocycles. The van der Waals surface area contributed by atoms with Gasteiger partial charge in [0.2, 0.25) is 5.91 Å². The third-order valence-electron chi connectivity index (χ3n) is 3.19. The highest BCUT2D eigenvalue weighted by atomic mass is 32.1. The largest absolute Gasteiger partial charge is 0.298 e. The van der Waals surface area contributed by atoms with E-state index < -0.39 is 11.3 Å². The van der Waals surface area contributed by atoms with Crippen LogP contribution in [0.1, 0.15) is 47.5 Å². The van der Waals surface area contributed by atoms with Crippen LogP contribution in [0.3, 0.4) is 0 Å². The maximum absolute atomic E-state index is 12.0. The van der Waals surface area contributed by atoms with Gasteiger partial charge in [-0.25, -0.2) is 0 Å². The van der Waals surface area contributed by atoms with Crippen LogP contribution in [0.2, 0.25) is 0 Å². The second-order valence-electron chi connectivity index (χ2n) is 7.08. The number of ketones is 2. The Morgan fingerprint density at radius 3 is 2.00 bits per heavy atom. The maximum atomic E-state index is 12.0. The minimum atomic E-state index is -0.932. The molecule has 0 bridgehead atoms. The molecular weight excluding hydrogens is 276 g/mol. The van der Waals surface area contributed by atoms with Gasteiger partial charge in [0.25, 0.3) is 0 Å². The summed E-state index contributed by atoms with van der Waals surface area (Å²) in [7, 11) is 0. The van der Waals surface area contributed by atoms with Crippen LogP contribution in [0.15, 0.2) is 0 Å². The Bertz CT molecular complexity index is 444. The Morgan fingerprint density at radius 2 is 1.60 bits per heavy atom. The summed E-state index contributed by atoms with van der Waals surface area (Å²) in [4.78, 5) is 35.9. The van der Waals surface area contributed by atoms with Crippen LogP contribution >= 0.6 is 12.2 Å². The van der Waals surface area contributed by atoms with Crippen molar-refractivity contribution in [2.75, 3.05) is 0 Å². The molecule has 20 heavy (non-hydrogen) atoms. The van der Waals surface area contributed by atoms with E-state index in [4.69, 9.17) is 12.2 Å². The van der Waals surface area contributed by atoms with Crippen LogP contribution in [0.5, 0.6) is 0 Å². The second-order valence-corrected chi connectivity index (χ2v) is 7.52. The van der Waals surface area contributed by atoms with E-state index in [1.165, 1.54) is 0 Å². The summed E-state index contributed by atoms with van der Waals surface area (Å²) in [6.45, 7) is 9.04. The van der Waals surface area contributed by atoms with E-state index >= 15 is 0 Å². The first kappa shape index (κ1) is 16.8. The van der Waals surface area contributed by atoms with Gasteiger partial charge in [-0.3, -0.25) is 25.2 Å². The van der Waals surface area contributed by atoms with Gasteiger partial charge in [0.1, 0.15) is 10.9 Å². The highest BCUT2D eigenvalue weighted by Crippen LogP contribution is 2.34. The van der Waals surface area contributed by atoms with E-state index in [2.05, 4.69) is 10.9 Å². The van der Waals surface area contributed by atoms with Crippen LogP contribution in [0.25, 0.3) is 0 Å². The van der Waals surface area contributed by atoms with Crippen molar-refractivity contribution in [3.8, 4) is 0 Å². The first-order chi connectivity index (χ1) is 8.94. The molecule has 1 aliphatic carbocycles. The lowest BCUT2D eigenvalue weighted by Crippen LogP contribution is -2.52. The summed E-state index contributed by atoms with van der Waals surface area (Å²) >= 11 is 5.08. The Balaban J connectivity index is 2.67. The van der Waals surface area contributed by atoms with Crippen LogP contribution in [-0.2, 0) is 14.4 Å². The van der Waals surface area contributed by atoms with Crippen molar-refractivity contribution in [2.24, 2.45) is 16.7 Å². The second kappa shape index (κ2) is 5.60. The van der Waals surface area contributed by atoms with Crippen LogP contribution in [0.4, 0.5) is 0 Å². The summed E-state index contributed by atoms with van der Waals surface area (Å²) < 4.78 is 0. The van der Waals surface area contributed by atoms with Gasteiger partial charge in [0.05, 0.1) is 0 Å². The monoisotopic (exact) mass is 298 g/mol. The highest BCUT2D eigenvalue weighted by molar-refractivity contribution is 7.80. The van der Waals surface area contributed by atoms with E-state index in [1.807, 2.05) is 13.8 Å². The number of amides is 1. The molecule has 0 heterocycles. The molecule has 5 nitrogen and oxygen atoms in total. The van der Waals surface area contributed by atoms with Crippen molar-refractivity contribution in [3.63, 3.8) is 0 Å². The first-order valence-electron chi connectivity index (χ1n) is 6.60. The zero-order chi connectivity index (χ0) is 15.7. The summed E-state index contributed by atoms with van der Waals surface area (Å²) in [6, 6.07) is 0. The van der Waals surface area contributed by atoms with Gasteiger partial charge < -0.3 is 0 Å². The van der Waals surface area contributed by atoms with E-state index in [9.17, 15) is 14.4 Å². The molecule has 6 heteroatoms. The molecule has 1 amide bonds. The molecule has 0 radical (unpaired) electrons.